The van der Waals surface area contributed by atoms with Gasteiger partial charge in [0.05, 0.1) is 12.3 Å². The van der Waals surface area contributed by atoms with Crippen LogP contribution in [0.3, 0.4) is 0 Å². The lowest BCUT2D eigenvalue weighted by molar-refractivity contribution is -0.136. The number of piperidine rings is 1. The predicted molar refractivity (Wildman–Crippen MR) is 72.0 cm³/mol. The fourth-order valence-electron chi connectivity index (χ4n) is 2.27. The van der Waals surface area contributed by atoms with Gasteiger partial charge in [-0.05, 0) is 31.0 Å². The number of carboxylic acids is 1. The van der Waals surface area contributed by atoms with Gasteiger partial charge in [0.1, 0.15) is 0 Å². The number of benzene rings is 1. The van der Waals surface area contributed by atoms with E-state index in [0.717, 1.165) is 19.4 Å². The molecule has 102 valence electrons. The van der Waals surface area contributed by atoms with Crippen molar-refractivity contribution >= 4 is 17.6 Å². The molecule has 0 radical (unpaired) electrons. The summed E-state index contributed by atoms with van der Waals surface area (Å²) >= 11 is 0. The molecule has 1 aliphatic rings. The number of carbonyl (C=O) groups is 2. The van der Waals surface area contributed by atoms with E-state index in [1.54, 1.807) is 24.3 Å². The van der Waals surface area contributed by atoms with Crippen molar-refractivity contribution in [2.45, 2.75) is 19.3 Å². The number of carbonyl (C=O) groups excluding carboxylic acids is 1. The van der Waals surface area contributed by atoms with Gasteiger partial charge < -0.3 is 15.7 Å². The molecule has 1 aromatic rings. The molecule has 1 fully saturated rings. The second-order valence-electron chi connectivity index (χ2n) is 4.76. The molecule has 5 nitrogen and oxygen atoms in total. The second kappa shape index (κ2) is 6.33. The van der Waals surface area contributed by atoms with E-state index >= 15 is 0 Å². The lowest BCUT2D eigenvalue weighted by Crippen LogP contribution is -2.37. The molecular weight excluding hydrogens is 244 g/mol. The van der Waals surface area contributed by atoms with E-state index in [0.29, 0.717) is 17.8 Å². The van der Waals surface area contributed by atoms with Gasteiger partial charge in [0, 0.05) is 12.2 Å². The Balaban J connectivity index is 2.05. The maximum atomic E-state index is 12.1. The van der Waals surface area contributed by atoms with Crippen LogP contribution >= 0.6 is 0 Å². The molecule has 0 spiro atoms. The third kappa shape index (κ3) is 3.79. The predicted octanol–water partition coefficient (Wildman–Crippen LogP) is 1.25. The van der Waals surface area contributed by atoms with E-state index in [1.165, 1.54) is 0 Å². The molecule has 5 heteroatoms. The number of anilines is 1. The fourth-order valence-corrected chi connectivity index (χ4v) is 2.27. The molecule has 1 atom stereocenters. The quantitative estimate of drug-likeness (QED) is 0.763. The Morgan fingerprint density at radius 1 is 1.37 bits per heavy atom. The van der Waals surface area contributed by atoms with Gasteiger partial charge in [0.2, 0.25) is 5.91 Å². The van der Waals surface area contributed by atoms with Crippen molar-refractivity contribution in [3.8, 4) is 0 Å². The Morgan fingerprint density at radius 2 is 2.16 bits per heavy atom. The third-order valence-corrected chi connectivity index (χ3v) is 3.28. The number of aliphatic carboxylic acids is 1. The molecule has 1 unspecified atom stereocenters. The van der Waals surface area contributed by atoms with Crippen LogP contribution in [0.25, 0.3) is 0 Å². The topological polar surface area (TPSA) is 78.4 Å². The van der Waals surface area contributed by atoms with Gasteiger partial charge in [-0.2, -0.15) is 0 Å². The van der Waals surface area contributed by atoms with Crippen molar-refractivity contribution in [1.29, 1.82) is 0 Å². The van der Waals surface area contributed by atoms with Crippen molar-refractivity contribution in [3.05, 3.63) is 29.8 Å². The molecule has 1 aliphatic heterocycles. The maximum absolute atomic E-state index is 12.1. The highest BCUT2D eigenvalue weighted by Gasteiger charge is 2.21. The molecule has 19 heavy (non-hydrogen) atoms. The number of amides is 1. The molecule has 0 aromatic heterocycles. The zero-order chi connectivity index (χ0) is 13.7. The lowest BCUT2D eigenvalue weighted by atomic mass is 9.98. The fraction of sp³-hybridized carbons (Fsp3) is 0.429. The zero-order valence-corrected chi connectivity index (χ0v) is 10.7. The number of nitrogens with one attached hydrogen (secondary N) is 2. The van der Waals surface area contributed by atoms with Crippen LogP contribution in [0.4, 0.5) is 5.69 Å². The Labute approximate surface area is 112 Å². The molecule has 1 aromatic carbocycles. The van der Waals surface area contributed by atoms with E-state index in [2.05, 4.69) is 10.6 Å². The summed E-state index contributed by atoms with van der Waals surface area (Å²) in [5.41, 5.74) is 1.23. The SMILES string of the molecule is O=C(O)Cc1ccccc1NC(=O)C1CCCNC1. The summed E-state index contributed by atoms with van der Waals surface area (Å²) in [5.74, 6) is -0.974. The normalized spacial score (nSPS) is 18.8. The Kier molecular flexibility index (Phi) is 4.52. The van der Waals surface area contributed by atoms with E-state index in [1.807, 2.05) is 0 Å². The first-order valence-corrected chi connectivity index (χ1v) is 6.48. The molecule has 0 aliphatic carbocycles. The van der Waals surface area contributed by atoms with Gasteiger partial charge in [-0.15, -0.1) is 0 Å². The molecule has 1 heterocycles. The zero-order valence-electron chi connectivity index (χ0n) is 10.7. The van der Waals surface area contributed by atoms with Gasteiger partial charge in [-0.1, -0.05) is 18.2 Å². The number of hydrogen-bond donors (Lipinski definition) is 3. The van der Waals surface area contributed by atoms with Gasteiger partial charge in [0.15, 0.2) is 0 Å². The van der Waals surface area contributed by atoms with Crippen LogP contribution < -0.4 is 10.6 Å². The summed E-state index contributed by atoms with van der Waals surface area (Å²) in [7, 11) is 0. The summed E-state index contributed by atoms with van der Waals surface area (Å²) in [6.45, 7) is 1.65. The number of rotatable bonds is 4. The van der Waals surface area contributed by atoms with Gasteiger partial charge in [-0.3, -0.25) is 9.59 Å². The number of carboxylic acid groups (broad SMARTS) is 1. The largest absolute Gasteiger partial charge is 0.481 e. The summed E-state index contributed by atoms with van der Waals surface area (Å²) < 4.78 is 0. The summed E-state index contributed by atoms with van der Waals surface area (Å²) in [5, 5.41) is 14.9. The maximum Gasteiger partial charge on any atom is 0.307 e. The minimum absolute atomic E-state index is 0.0355. The van der Waals surface area contributed by atoms with Gasteiger partial charge in [0.25, 0.3) is 0 Å². The molecule has 2 rings (SSSR count). The minimum Gasteiger partial charge on any atom is -0.481 e. The minimum atomic E-state index is -0.902. The van der Waals surface area contributed by atoms with Crippen LogP contribution in [0.15, 0.2) is 24.3 Å². The molecule has 1 amide bonds. The van der Waals surface area contributed by atoms with E-state index < -0.39 is 5.97 Å². The van der Waals surface area contributed by atoms with E-state index in [-0.39, 0.29) is 18.2 Å². The van der Waals surface area contributed by atoms with Crippen LogP contribution in [-0.2, 0) is 16.0 Å². The first kappa shape index (κ1) is 13.5. The number of hydrogen-bond acceptors (Lipinski definition) is 3. The van der Waals surface area contributed by atoms with Crippen molar-refractivity contribution in [3.63, 3.8) is 0 Å². The monoisotopic (exact) mass is 262 g/mol. The van der Waals surface area contributed by atoms with Crippen molar-refractivity contribution in [1.82, 2.24) is 5.32 Å². The lowest BCUT2D eigenvalue weighted by Gasteiger charge is -2.22. The Hall–Kier alpha value is -1.88. The Bertz CT molecular complexity index is 468. The highest BCUT2D eigenvalue weighted by Crippen LogP contribution is 2.18. The molecule has 0 saturated carbocycles. The van der Waals surface area contributed by atoms with Crippen LogP contribution in [0.1, 0.15) is 18.4 Å². The van der Waals surface area contributed by atoms with E-state index in [4.69, 9.17) is 5.11 Å². The second-order valence-corrected chi connectivity index (χ2v) is 4.76. The average molecular weight is 262 g/mol. The van der Waals surface area contributed by atoms with Crippen molar-refractivity contribution in [2.75, 3.05) is 18.4 Å². The standard InChI is InChI=1S/C14H18N2O3/c17-13(18)8-10-4-1-2-6-12(10)16-14(19)11-5-3-7-15-9-11/h1-2,4,6,11,15H,3,5,7-9H2,(H,16,19)(H,17,18). The van der Waals surface area contributed by atoms with Crippen LogP contribution in [0.2, 0.25) is 0 Å². The molecule has 3 N–H and O–H groups in total. The summed E-state index contributed by atoms with van der Waals surface area (Å²) in [4.78, 5) is 22.9. The van der Waals surface area contributed by atoms with E-state index in [9.17, 15) is 9.59 Å². The van der Waals surface area contributed by atoms with Crippen LogP contribution in [0, 0.1) is 5.92 Å². The summed E-state index contributed by atoms with van der Waals surface area (Å²) in [6, 6.07) is 7.03. The highest BCUT2D eigenvalue weighted by atomic mass is 16.4. The number of para-hydroxylation sites is 1. The first-order chi connectivity index (χ1) is 9.16. The Morgan fingerprint density at radius 3 is 2.84 bits per heavy atom. The third-order valence-electron chi connectivity index (χ3n) is 3.28. The average Bonchev–Trinajstić information content (AvgIpc) is 2.41. The first-order valence-electron chi connectivity index (χ1n) is 6.48. The van der Waals surface area contributed by atoms with Crippen LogP contribution in [0.5, 0.6) is 0 Å². The molecule has 0 bridgehead atoms. The molecule has 1 saturated heterocycles. The van der Waals surface area contributed by atoms with Gasteiger partial charge >= 0.3 is 5.97 Å². The van der Waals surface area contributed by atoms with Crippen LogP contribution in [-0.4, -0.2) is 30.1 Å². The van der Waals surface area contributed by atoms with Crippen molar-refractivity contribution in [2.24, 2.45) is 5.92 Å². The molecular formula is C14H18N2O3. The smallest absolute Gasteiger partial charge is 0.307 e. The van der Waals surface area contributed by atoms with Gasteiger partial charge in [-0.25, -0.2) is 0 Å². The summed E-state index contributed by atoms with van der Waals surface area (Å²) in [6.07, 6.45) is 1.79. The highest BCUT2D eigenvalue weighted by molar-refractivity contribution is 5.94. The van der Waals surface area contributed by atoms with Crippen molar-refractivity contribution < 1.29 is 14.7 Å².